The van der Waals surface area contributed by atoms with Crippen molar-refractivity contribution in [1.29, 1.82) is 0 Å². The Morgan fingerprint density at radius 3 is 2.80 bits per heavy atom. The van der Waals surface area contributed by atoms with Crippen LogP contribution < -0.4 is 0 Å². The second-order valence-electron chi connectivity index (χ2n) is 3.99. The van der Waals surface area contributed by atoms with E-state index in [-0.39, 0.29) is 5.56 Å². The number of hydrogen-bond acceptors (Lipinski definition) is 2. The van der Waals surface area contributed by atoms with Gasteiger partial charge >= 0.3 is 5.97 Å². The van der Waals surface area contributed by atoms with E-state index in [1.807, 2.05) is 6.07 Å². The van der Waals surface area contributed by atoms with E-state index < -0.39 is 11.8 Å². The normalized spacial score (nSPS) is 18.6. The van der Waals surface area contributed by atoms with Crippen LogP contribution in [0.2, 0.25) is 0 Å². The molecular formula is C12H12O3. The predicted molar refractivity (Wildman–Crippen MR) is 55.1 cm³/mol. The summed E-state index contributed by atoms with van der Waals surface area (Å²) < 4.78 is 0. The van der Waals surface area contributed by atoms with Crippen molar-refractivity contribution in [2.24, 2.45) is 0 Å². The van der Waals surface area contributed by atoms with Crippen LogP contribution in [0.25, 0.3) is 0 Å². The number of carbonyl (C=O) groups excluding carboxylic acids is 1. The van der Waals surface area contributed by atoms with Crippen molar-refractivity contribution in [3.63, 3.8) is 0 Å². The van der Waals surface area contributed by atoms with E-state index in [4.69, 9.17) is 5.11 Å². The lowest BCUT2D eigenvalue weighted by Crippen LogP contribution is -2.13. The molecule has 3 heteroatoms. The van der Waals surface area contributed by atoms with Gasteiger partial charge in [-0.2, -0.15) is 0 Å². The van der Waals surface area contributed by atoms with Gasteiger partial charge in [0, 0.05) is 5.56 Å². The average molecular weight is 204 g/mol. The minimum absolute atomic E-state index is 0.287. The molecule has 0 heterocycles. The van der Waals surface area contributed by atoms with Gasteiger partial charge in [0.1, 0.15) is 0 Å². The van der Waals surface area contributed by atoms with E-state index in [0.29, 0.717) is 5.92 Å². The maximum Gasteiger partial charge on any atom is 0.377 e. The van der Waals surface area contributed by atoms with Crippen molar-refractivity contribution in [3.05, 3.63) is 34.9 Å². The summed E-state index contributed by atoms with van der Waals surface area (Å²) in [5.41, 5.74) is 2.65. The Bertz CT molecular complexity index is 434. The summed E-state index contributed by atoms with van der Waals surface area (Å²) in [6.45, 7) is 2.10. The summed E-state index contributed by atoms with van der Waals surface area (Å²) in [5, 5.41) is 8.60. The molecule has 1 aliphatic rings. The van der Waals surface area contributed by atoms with Crippen LogP contribution in [0.1, 0.15) is 40.7 Å². The molecule has 0 saturated carbocycles. The first-order valence-electron chi connectivity index (χ1n) is 5.00. The van der Waals surface area contributed by atoms with Gasteiger partial charge in [-0.05, 0) is 36.0 Å². The van der Waals surface area contributed by atoms with Crippen LogP contribution in [0.4, 0.5) is 0 Å². The Labute approximate surface area is 87.7 Å². The Morgan fingerprint density at radius 1 is 1.40 bits per heavy atom. The van der Waals surface area contributed by atoms with Gasteiger partial charge in [-0.15, -0.1) is 0 Å². The number of aryl methyl sites for hydroxylation is 1. The summed E-state index contributed by atoms with van der Waals surface area (Å²) >= 11 is 0. The van der Waals surface area contributed by atoms with Crippen LogP contribution in [0.3, 0.4) is 0 Å². The van der Waals surface area contributed by atoms with Crippen LogP contribution in [-0.2, 0) is 11.2 Å². The number of Topliss-reactive ketones (excluding diaryl/α,β-unsaturated/α-hetero) is 1. The van der Waals surface area contributed by atoms with Gasteiger partial charge in [0.05, 0.1) is 0 Å². The molecule has 1 aromatic rings. The molecule has 0 spiro atoms. The van der Waals surface area contributed by atoms with Crippen LogP contribution in [0.5, 0.6) is 0 Å². The minimum Gasteiger partial charge on any atom is -0.475 e. The zero-order valence-electron chi connectivity index (χ0n) is 8.49. The third-order valence-corrected chi connectivity index (χ3v) is 2.98. The first-order chi connectivity index (χ1) is 7.09. The number of rotatable bonds is 2. The van der Waals surface area contributed by atoms with Gasteiger partial charge in [0.25, 0.3) is 5.78 Å². The summed E-state index contributed by atoms with van der Waals surface area (Å²) in [6, 6.07) is 5.20. The van der Waals surface area contributed by atoms with Crippen LogP contribution >= 0.6 is 0 Å². The molecule has 3 nitrogen and oxygen atoms in total. The quantitative estimate of drug-likeness (QED) is 0.592. The molecule has 0 amide bonds. The molecule has 0 aliphatic heterocycles. The molecule has 0 saturated heterocycles. The van der Waals surface area contributed by atoms with E-state index in [1.54, 1.807) is 12.1 Å². The standard InChI is InChI=1S/C12H12O3/c1-7-2-3-8-4-5-9(6-10(7)8)11(13)12(14)15/h4-7H,2-3H2,1H3,(H,14,15). The third-order valence-electron chi connectivity index (χ3n) is 2.98. The molecule has 1 unspecified atom stereocenters. The highest BCUT2D eigenvalue weighted by Gasteiger charge is 2.21. The molecule has 0 radical (unpaired) electrons. The lowest BCUT2D eigenvalue weighted by Gasteiger charge is -2.05. The van der Waals surface area contributed by atoms with E-state index in [0.717, 1.165) is 18.4 Å². The van der Waals surface area contributed by atoms with Crippen molar-refractivity contribution in [2.45, 2.75) is 25.7 Å². The predicted octanol–water partition coefficient (Wildman–Crippen LogP) is 2.00. The molecule has 1 aromatic carbocycles. The Morgan fingerprint density at radius 2 is 2.13 bits per heavy atom. The van der Waals surface area contributed by atoms with Crippen LogP contribution in [-0.4, -0.2) is 16.9 Å². The Balaban J connectivity index is 2.41. The zero-order chi connectivity index (χ0) is 11.0. The topological polar surface area (TPSA) is 54.4 Å². The van der Waals surface area contributed by atoms with Gasteiger partial charge in [0.2, 0.25) is 0 Å². The van der Waals surface area contributed by atoms with Gasteiger partial charge in [-0.3, -0.25) is 4.79 Å². The van der Waals surface area contributed by atoms with E-state index in [2.05, 4.69) is 6.92 Å². The number of carboxylic acids is 1. The van der Waals surface area contributed by atoms with Crippen molar-refractivity contribution in [2.75, 3.05) is 0 Å². The SMILES string of the molecule is CC1CCc2ccc(C(=O)C(=O)O)cc21. The minimum atomic E-state index is -1.39. The van der Waals surface area contributed by atoms with Crippen LogP contribution in [0.15, 0.2) is 18.2 Å². The van der Waals surface area contributed by atoms with Crippen molar-refractivity contribution in [1.82, 2.24) is 0 Å². The highest BCUT2D eigenvalue weighted by atomic mass is 16.4. The highest BCUT2D eigenvalue weighted by Crippen LogP contribution is 2.33. The number of carbonyl (C=O) groups is 2. The van der Waals surface area contributed by atoms with E-state index in [1.165, 1.54) is 5.56 Å². The molecule has 0 aromatic heterocycles. The van der Waals surface area contributed by atoms with E-state index in [9.17, 15) is 9.59 Å². The molecule has 78 valence electrons. The summed E-state index contributed by atoms with van der Waals surface area (Å²) in [7, 11) is 0. The van der Waals surface area contributed by atoms with Crippen LogP contribution in [0, 0.1) is 0 Å². The molecule has 1 atom stereocenters. The van der Waals surface area contributed by atoms with Crippen molar-refractivity contribution >= 4 is 11.8 Å². The average Bonchev–Trinajstić information content (AvgIpc) is 2.59. The fourth-order valence-electron chi connectivity index (χ4n) is 2.07. The monoisotopic (exact) mass is 204 g/mol. The molecular weight excluding hydrogens is 192 g/mol. The van der Waals surface area contributed by atoms with Gasteiger partial charge < -0.3 is 5.11 Å². The zero-order valence-corrected chi connectivity index (χ0v) is 8.49. The maximum atomic E-state index is 11.3. The molecule has 1 N–H and O–H groups in total. The van der Waals surface area contributed by atoms with Gasteiger partial charge in [0.15, 0.2) is 0 Å². The Kier molecular flexibility index (Phi) is 2.31. The van der Waals surface area contributed by atoms with Crippen molar-refractivity contribution in [3.8, 4) is 0 Å². The number of ketones is 1. The molecule has 15 heavy (non-hydrogen) atoms. The summed E-state index contributed by atoms with van der Waals surface area (Å²) in [4.78, 5) is 21.8. The smallest absolute Gasteiger partial charge is 0.377 e. The molecule has 2 rings (SSSR count). The summed E-state index contributed by atoms with van der Waals surface area (Å²) in [6.07, 6.45) is 2.11. The number of carboxylic acid groups (broad SMARTS) is 1. The number of fused-ring (bicyclic) bond motifs is 1. The lowest BCUT2D eigenvalue weighted by molar-refractivity contribution is -0.131. The van der Waals surface area contributed by atoms with Crippen molar-refractivity contribution < 1.29 is 14.7 Å². The molecule has 0 fully saturated rings. The fourth-order valence-corrected chi connectivity index (χ4v) is 2.07. The largest absolute Gasteiger partial charge is 0.475 e. The Hall–Kier alpha value is -1.64. The molecule has 0 bridgehead atoms. The lowest BCUT2D eigenvalue weighted by atomic mass is 9.99. The maximum absolute atomic E-state index is 11.3. The second-order valence-corrected chi connectivity index (χ2v) is 3.99. The fraction of sp³-hybridized carbons (Fsp3) is 0.333. The van der Waals surface area contributed by atoms with E-state index >= 15 is 0 Å². The first-order valence-corrected chi connectivity index (χ1v) is 5.00. The molecule has 1 aliphatic carbocycles. The second kappa shape index (κ2) is 3.50. The first kappa shape index (κ1) is 9.90. The number of aliphatic carboxylic acids is 1. The van der Waals surface area contributed by atoms with Gasteiger partial charge in [-0.25, -0.2) is 4.79 Å². The summed E-state index contributed by atoms with van der Waals surface area (Å²) in [5.74, 6) is -1.78. The van der Waals surface area contributed by atoms with Gasteiger partial charge in [-0.1, -0.05) is 19.1 Å². The highest BCUT2D eigenvalue weighted by molar-refractivity contribution is 6.39. The third kappa shape index (κ3) is 1.65. The number of hydrogen-bond donors (Lipinski definition) is 1. The number of benzene rings is 1.